The zero-order valence-electron chi connectivity index (χ0n) is 12.4. The molecule has 3 rings (SSSR count). The molecule has 1 aromatic carbocycles. The molecule has 0 unspecified atom stereocenters. The van der Waals surface area contributed by atoms with Gasteiger partial charge in [-0.25, -0.2) is 4.68 Å². The summed E-state index contributed by atoms with van der Waals surface area (Å²) < 4.78 is 6.95. The summed E-state index contributed by atoms with van der Waals surface area (Å²) in [5.74, 6) is 0.521. The fraction of sp³-hybridized carbons (Fsp3) is 0.188. The van der Waals surface area contributed by atoms with E-state index >= 15 is 0 Å². The Labute approximate surface area is 127 Å². The second-order valence-corrected chi connectivity index (χ2v) is 4.87. The summed E-state index contributed by atoms with van der Waals surface area (Å²) in [5.41, 5.74) is 2.10. The van der Waals surface area contributed by atoms with Crippen LogP contribution in [0.2, 0.25) is 0 Å². The molecule has 0 saturated carbocycles. The van der Waals surface area contributed by atoms with Gasteiger partial charge in [0.2, 0.25) is 5.88 Å². The van der Waals surface area contributed by atoms with Crippen LogP contribution >= 0.6 is 0 Å². The quantitative estimate of drug-likeness (QED) is 0.798. The number of rotatable bonds is 4. The van der Waals surface area contributed by atoms with Crippen molar-refractivity contribution in [3.63, 3.8) is 0 Å². The van der Waals surface area contributed by atoms with Crippen LogP contribution in [-0.4, -0.2) is 27.8 Å². The number of carbonyl (C=O) groups is 1. The molecule has 0 saturated heterocycles. The minimum Gasteiger partial charge on any atom is -0.481 e. The van der Waals surface area contributed by atoms with Gasteiger partial charge >= 0.3 is 0 Å². The lowest BCUT2D eigenvalue weighted by molar-refractivity contribution is 0.0950. The molecular formula is C16H16N4O2. The largest absolute Gasteiger partial charge is 0.481 e. The maximum atomic E-state index is 12.2. The van der Waals surface area contributed by atoms with Crippen molar-refractivity contribution in [1.82, 2.24) is 20.1 Å². The third-order valence-corrected chi connectivity index (χ3v) is 3.39. The van der Waals surface area contributed by atoms with Crippen molar-refractivity contribution in [2.75, 3.05) is 7.11 Å². The Bertz CT molecular complexity index is 812. The Morgan fingerprint density at radius 3 is 2.91 bits per heavy atom. The molecule has 0 bridgehead atoms. The molecule has 6 nitrogen and oxygen atoms in total. The van der Waals surface area contributed by atoms with Crippen molar-refractivity contribution in [3.05, 3.63) is 53.9 Å². The third-order valence-electron chi connectivity index (χ3n) is 3.39. The van der Waals surface area contributed by atoms with Gasteiger partial charge in [0.25, 0.3) is 5.91 Å². The smallest absolute Gasteiger partial charge is 0.251 e. The van der Waals surface area contributed by atoms with Gasteiger partial charge < -0.3 is 10.1 Å². The number of methoxy groups -OCH3 is 1. The Kier molecular flexibility index (Phi) is 3.74. The number of hydrogen-bond donors (Lipinski definition) is 1. The highest BCUT2D eigenvalue weighted by molar-refractivity contribution is 5.98. The van der Waals surface area contributed by atoms with E-state index in [1.54, 1.807) is 37.2 Å². The molecule has 1 amide bonds. The van der Waals surface area contributed by atoms with E-state index in [0.717, 1.165) is 16.6 Å². The molecule has 0 fully saturated rings. The SMILES string of the molecule is COc1c2ccc(C(=O)NCc3ccccn3)cc2nn1C. The molecule has 112 valence electrons. The number of ether oxygens (including phenoxy) is 1. The van der Waals surface area contributed by atoms with Crippen molar-refractivity contribution in [3.8, 4) is 5.88 Å². The van der Waals surface area contributed by atoms with Gasteiger partial charge in [0.05, 0.1) is 30.3 Å². The number of fused-ring (bicyclic) bond motifs is 1. The average Bonchev–Trinajstić information content (AvgIpc) is 2.87. The normalized spacial score (nSPS) is 10.6. The first-order valence-electron chi connectivity index (χ1n) is 6.88. The van der Waals surface area contributed by atoms with E-state index in [4.69, 9.17) is 4.74 Å². The first-order valence-corrected chi connectivity index (χ1v) is 6.88. The number of nitrogens with one attached hydrogen (secondary N) is 1. The van der Waals surface area contributed by atoms with Gasteiger partial charge in [0.1, 0.15) is 0 Å². The van der Waals surface area contributed by atoms with Gasteiger partial charge in [-0.1, -0.05) is 6.07 Å². The molecule has 0 spiro atoms. The van der Waals surface area contributed by atoms with Gasteiger partial charge in [0, 0.05) is 18.8 Å². The second-order valence-electron chi connectivity index (χ2n) is 4.87. The molecule has 2 aromatic heterocycles. The fourth-order valence-corrected chi connectivity index (χ4v) is 2.34. The lowest BCUT2D eigenvalue weighted by atomic mass is 10.1. The standard InChI is InChI=1S/C16H16N4O2/c1-20-16(22-2)13-7-6-11(9-14(13)19-20)15(21)18-10-12-5-3-4-8-17-12/h3-9H,10H2,1-2H3,(H,18,21). The van der Waals surface area contributed by atoms with E-state index in [1.165, 1.54) is 0 Å². The van der Waals surface area contributed by atoms with Crippen molar-refractivity contribution in [2.45, 2.75) is 6.54 Å². The molecule has 3 aromatic rings. The van der Waals surface area contributed by atoms with Crippen molar-refractivity contribution < 1.29 is 9.53 Å². The Hall–Kier alpha value is -2.89. The predicted octanol–water partition coefficient (Wildman–Crippen LogP) is 1.91. The number of aryl methyl sites for hydroxylation is 1. The van der Waals surface area contributed by atoms with Gasteiger partial charge in [-0.2, -0.15) is 5.10 Å². The molecule has 0 aliphatic rings. The molecule has 0 aliphatic carbocycles. The predicted molar refractivity (Wildman–Crippen MR) is 82.7 cm³/mol. The van der Waals surface area contributed by atoms with Crippen LogP contribution in [0.3, 0.4) is 0 Å². The van der Waals surface area contributed by atoms with Crippen LogP contribution in [0.1, 0.15) is 16.1 Å². The third kappa shape index (κ3) is 2.63. The first kappa shape index (κ1) is 14.1. The average molecular weight is 296 g/mol. The molecule has 0 aliphatic heterocycles. The minimum absolute atomic E-state index is 0.155. The van der Waals surface area contributed by atoms with Gasteiger partial charge in [-0.15, -0.1) is 0 Å². The lowest BCUT2D eigenvalue weighted by Gasteiger charge is -2.05. The molecular weight excluding hydrogens is 280 g/mol. The van der Waals surface area contributed by atoms with Crippen LogP contribution in [0.5, 0.6) is 5.88 Å². The summed E-state index contributed by atoms with van der Waals surface area (Å²) in [7, 11) is 3.41. The second kappa shape index (κ2) is 5.85. The van der Waals surface area contributed by atoms with Crippen LogP contribution in [0.15, 0.2) is 42.6 Å². The molecule has 6 heteroatoms. The number of nitrogens with zero attached hydrogens (tertiary/aromatic N) is 3. The summed E-state index contributed by atoms with van der Waals surface area (Å²) >= 11 is 0. The maximum Gasteiger partial charge on any atom is 0.251 e. The first-order chi connectivity index (χ1) is 10.7. The number of aromatic nitrogens is 3. The number of hydrogen-bond acceptors (Lipinski definition) is 4. The number of amides is 1. The number of carbonyl (C=O) groups excluding carboxylic acids is 1. The maximum absolute atomic E-state index is 12.2. The van der Waals surface area contributed by atoms with E-state index in [0.29, 0.717) is 18.0 Å². The highest BCUT2D eigenvalue weighted by Gasteiger charge is 2.12. The number of benzene rings is 1. The zero-order chi connectivity index (χ0) is 15.5. The fourth-order valence-electron chi connectivity index (χ4n) is 2.34. The Morgan fingerprint density at radius 2 is 2.18 bits per heavy atom. The topological polar surface area (TPSA) is 69.0 Å². The molecule has 1 N–H and O–H groups in total. The zero-order valence-corrected chi connectivity index (χ0v) is 12.4. The van der Waals surface area contributed by atoms with E-state index in [9.17, 15) is 4.79 Å². The summed E-state index contributed by atoms with van der Waals surface area (Å²) in [6, 6.07) is 11.0. The molecule has 2 heterocycles. The van der Waals surface area contributed by atoms with Crippen molar-refractivity contribution in [1.29, 1.82) is 0 Å². The summed E-state index contributed by atoms with van der Waals surface area (Å²) in [5, 5.41) is 8.07. The Balaban J connectivity index is 1.79. The summed E-state index contributed by atoms with van der Waals surface area (Å²) in [4.78, 5) is 16.4. The van der Waals surface area contributed by atoms with Crippen LogP contribution < -0.4 is 10.1 Å². The van der Waals surface area contributed by atoms with Gasteiger partial charge in [-0.3, -0.25) is 9.78 Å². The van der Waals surface area contributed by atoms with E-state index < -0.39 is 0 Å². The van der Waals surface area contributed by atoms with Crippen LogP contribution in [-0.2, 0) is 13.6 Å². The Morgan fingerprint density at radius 1 is 1.32 bits per heavy atom. The van der Waals surface area contributed by atoms with Crippen molar-refractivity contribution in [2.24, 2.45) is 7.05 Å². The van der Waals surface area contributed by atoms with E-state index in [1.807, 2.05) is 24.3 Å². The minimum atomic E-state index is -0.155. The number of pyridine rings is 1. The van der Waals surface area contributed by atoms with Gasteiger partial charge in [0.15, 0.2) is 0 Å². The van der Waals surface area contributed by atoms with Crippen molar-refractivity contribution >= 4 is 16.8 Å². The monoisotopic (exact) mass is 296 g/mol. The lowest BCUT2D eigenvalue weighted by Crippen LogP contribution is -2.23. The van der Waals surface area contributed by atoms with Crippen LogP contribution in [0.25, 0.3) is 10.9 Å². The highest BCUT2D eigenvalue weighted by atomic mass is 16.5. The van der Waals surface area contributed by atoms with E-state index in [-0.39, 0.29) is 5.91 Å². The van der Waals surface area contributed by atoms with E-state index in [2.05, 4.69) is 15.4 Å². The molecule has 0 atom stereocenters. The van der Waals surface area contributed by atoms with Gasteiger partial charge in [-0.05, 0) is 30.3 Å². The molecule has 22 heavy (non-hydrogen) atoms. The van der Waals surface area contributed by atoms with Crippen LogP contribution in [0.4, 0.5) is 0 Å². The summed E-state index contributed by atoms with van der Waals surface area (Å²) in [6.07, 6.45) is 1.70. The summed E-state index contributed by atoms with van der Waals surface area (Å²) in [6.45, 7) is 0.392. The van der Waals surface area contributed by atoms with Crippen LogP contribution in [0, 0.1) is 0 Å². The highest BCUT2D eigenvalue weighted by Crippen LogP contribution is 2.25. The molecule has 0 radical (unpaired) electrons.